The predicted molar refractivity (Wildman–Crippen MR) is 89.2 cm³/mol. The first-order valence-electron chi connectivity index (χ1n) is 8.22. The molecule has 2 nitrogen and oxygen atoms in total. The zero-order chi connectivity index (χ0) is 14.4. The lowest BCUT2D eigenvalue weighted by atomic mass is 9.68. The number of nitrogens with zero attached hydrogens (tertiary/aromatic N) is 2. The van der Waals surface area contributed by atoms with E-state index in [0.29, 0.717) is 5.41 Å². The van der Waals surface area contributed by atoms with Gasteiger partial charge in [0.25, 0.3) is 0 Å². The summed E-state index contributed by atoms with van der Waals surface area (Å²) in [5.74, 6) is 0.999. The van der Waals surface area contributed by atoms with Crippen molar-refractivity contribution in [3.63, 3.8) is 0 Å². The summed E-state index contributed by atoms with van der Waals surface area (Å²) < 4.78 is 2.02. The lowest BCUT2D eigenvalue weighted by Gasteiger charge is -2.39. The predicted octanol–water partition coefficient (Wildman–Crippen LogP) is 5.11. The van der Waals surface area contributed by atoms with E-state index in [1.54, 1.807) is 0 Å². The van der Waals surface area contributed by atoms with E-state index in [0.717, 1.165) is 5.92 Å². The summed E-state index contributed by atoms with van der Waals surface area (Å²) in [6.07, 6.45) is 14.3. The topological polar surface area (TPSA) is 17.8 Å². The Bertz CT molecular complexity index is 391. The fourth-order valence-corrected chi connectivity index (χ4v) is 4.40. The number of alkyl halides is 1. The minimum atomic E-state index is 0.535. The molecule has 1 aliphatic carbocycles. The zero-order valence-corrected chi connectivity index (χ0v) is 14.7. The van der Waals surface area contributed by atoms with Crippen molar-refractivity contribution in [2.45, 2.75) is 64.7 Å². The second-order valence-corrected chi connectivity index (χ2v) is 7.23. The van der Waals surface area contributed by atoms with E-state index < -0.39 is 0 Å². The third-order valence-corrected chi connectivity index (χ3v) is 6.44. The molecule has 1 aromatic heterocycles. The maximum absolute atomic E-state index is 4.28. The summed E-state index contributed by atoms with van der Waals surface area (Å²) in [6.45, 7) is 2.31. The van der Waals surface area contributed by atoms with Crippen LogP contribution in [0.1, 0.15) is 64.0 Å². The number of aromatic nitrogens is 2. The van der Waals surface area contributed by atoms with Gasteiger partial charge in [0.2, 0.25) is 0 Å². The van der Waals surface area contributed by atoms with Gasteiger partial charge in [-0.25, -0.2) is 0 Å². The third kappa shape index (κ3) is 4.09. The molecule has 0 unspecified atom stereocenters. The first kappa shape index (κ1) is 16.1. The largest absolute Gasteiger partial charge is 0.273 e. The standard InChI is InChI=1S/C17H29BrN2/c1-3-4-5-15-6-10-17(14-18,11-7-15)12-8-16-9-13-19-20(16)2/h9,13,15H,3-8,10-12,14H2,1-2H3. The molecule has 1 aromatic rings. The fraction of sp³-hybridized carbons (Fsp3) is 0.824. The van der Waals surface area contributed by atoms with Crippen LogP contribution in [0, 0.1) is 11.3 Å². The van der Waals surface area contributed by atoms with E-state index in [-0.39, 0.29) is 0 Å². The highest BCUT2D eigenvalue weighted by molar-refractivity contribution is 9.09. The lowest BCUT2D eigenvalue weighted by molar-refractivity contribution is 0.157. The molecular formula is C17H29BrN2. The van der Waals surface area contributed by atoms with Crippen LogP contribution >= 0.6 is 15.9 Å². The maximum atomic E-state index is 4.28. The Labute approximate surface area is 132 Å². The van der Waals surface area contributed by atoms with Gasteiger partial charge >= 0.3 is 0 Å². The van der Waals surface area contributed by atoms with Gasteiger partial charge in [0, 0.05) is 24.3 Å². The van der Waals surface area contributed by atoms with Gasteiger partial charge in [0.15, 0.2) is 0 Å². The van der Waals surface area contributed by atoms with Crippen molar-refractivity contribution < 1.29 is 0 Å². The maximum Gasteiger partial charge on any atom is 0.0492 e. The summed E-state index contributed by atoms with van der Waals surface area (Å²) in [4.78, 5) is 0. The van der Waals surface area contributed by atoms with Crippen LogP contribution in [0.3, 0.4) is 0 Å². The van der Waals surface area contributed by atoms with Gasteiger partial charge in [-0.1, -0.05) is 42.1 Å². The molecule has 0 bridgehead atoms. The molecule has 1 aliphatic rings. The molecule has 0 saturated heterocycles. The van der Waals surface area contributed by atoms with E-state index in [1.807, 2.05) is 10.9 Å². The average molecular weight is 341 g/mol. The van der Waals surface area contributed by atoms with Crippen molar-refractivity contribution in [1.82, 2.24) is 9.78 Å². The third-order valence-electron chi connectivity index (χ3n) is 5.25. The minimum Gasteiger partial charge on any atom is -0.273 e. The normalized spacial score (nSPS) is 26.9. The Morgan fingerprint density at radius 2 is 2.15 bits per heavy atom. The van der Waals surface area contributed by atoms with Gasteiger partial charge in [-0.15, -0.1) is 0 Å². The molecule has 3 heteroatoms. The number of hydrogen-bond acceptors (Lipinski definition) is 1. The Balaban J connectivity index is 1.84. The number of halogens is 1. The van der Waals surface area contributed by atoms with Crippen molar-refractivity contribution >= 4 is 15.9 Å². The molecule has 0 atom stereocenters. The summed E-state index contributed by atoms with van der Waals surface area (Å²) in [6, 6.07) is 2.16. The van der Waals surface area contributed by atoms with Crippen LogP contribution in [-0.4, -0.2) is 15.1 Å². The molecule has 1 fully saturated rings. The molecule has 0 aliphatic heterocycles. The summed E-state index contributed by atoms with van der Waals surface area (Å²) >= 11 is 3.80. The van der Waals surface area contributed by atoms with E-state index in [4.69, 9.17) is 0 Å². The van der Waals surface area contributed by atoms with E-state index in [9.17, 15) is 0 Å². The van der Waals surface area contributed by atoms with Gasteiger partial charge in [-0.2, -0.15) is 5.10 Å². The van der Waals surface area contributed by atoms with E-state index in [2.05, 4.69) is 41.1 Å². The highest BCUT2D eigenvalue weighted by Gasteiger charge is 2.33. The first-order valence-corrected chi connectivity index (χ1v) is 9.34. The molecule has 1 saturated carbocycles. The Kier molecular flexibility index (Phi) is 6.13. The number of rotatable bonds is 7. The second kappa shape index (κ2) is 7.63. The van der Waals surface area contributed by atoms with Gasteiger partial charge in [-0.3, -0.25) is 4.68 Å². The van der Waals surface area contributed by atoms with Gasteiger partial charge in [-0.05, 0) is 55.9 Å². The molecule has 20 heavy (non-hydrogen) atoms. The molecule has 0 N–H and O–H groups in total. The molecular weight excluding hydrogens is 312 g/mol. The molecule has 0 amide bonds. The van der Waals surface area contributed by atoms with Crippen LogP contribution in [0.25, 0.3) is 0 Å². The highest BCUT2D eigenvalue weighted by Crippen LogP contribution is 2.44. The van der Waals surface area contributed by atoms with Crippen molar-refractivity contribution in [2.24, 2.45) is 18.4 Å². The molecule has 114 valence electrons. The van der Waals surface area contributed by atoms with Gasteiger partial charge in [0.05, 0.1) is 0 Å². The second-order valence-electron chi connectivity index (χ2n) is 6.67. The van der Waals surface area contributed by atoms with Crippen LogP contribution in [0.4, 0.5) is 0 Å². The minimum absolute atomic E-state index is 0.535. The van der Waals surface area contributed by atoms with Crippen molar-refractivity contribution in [1.29, 1.82) is 0 Å². The highest BCUT2D eigenvalue weighted by atomic mass is 79.9. The average Bonchev–Trinajstić information content (AvgIpc) is 2.89. The molecule has 1 heterocycles. The smallest absolute Gasteiger partial charge is 0.0492 e. The number of aryl methyl sites for hydroxylation is 2. The van der Waals surface area contributed by atoms with Crippen molar-refractivity contribution in [3.05, 3.63) is 18.0 Å². The van der Waals surface area contributed by atoms with Crippen molar-refractivity contribution in [2.75, 3.05) is 5.33 Å². The van der Waals surface area contributed by atoms with Gasteiger partial charge < -0.3 is 0 Å². The van der Waals surface area contributed by atoms with Crippen LogP contribution < -0.4 is 0 Å². The number of unbranched alkanes of at least 4 members (excludes halogenated alkanes) is 1. The van der Waals surface area contributed by atoms with Crippen molar-refractivity contribution in [3.8, 4) is 0 Å². The summed E-state index contributed by atoms with van der Waals surface area (Å²) in [7, 11) is 2.05. The van der Waals surface area contributed by atoms with E-state index >= 15 is 0 Å². The van der Waals surface area contributed by atoms with Gasteiger partial charge in [0.1, 0.15) is 0 Å². The summed E-state index contributed by atoms with van der Waals surface area (Å²) in [5, 5.41) is 5.44. The van der Waals surface area contributed by atoms with E-state index in [1.165, 1.54) is 68.8 Å². The van der Waals surface area contributed by atoms with Crippen LogP contribution in [0.2, 0.25) is 0 Å². The Hall–Kier alpha value is -0.310. The SMILES string of the molecule is CCCCC1CCC(CBr)(CCc2ccnn2C)CC1. The molecule has 2 rings (SSSR count). The Morgan fingerprint density at radius 3 is 2.70 bits per heavy atom. The van der Waals surface area contributed by atoms with Crippen LogP contribution in [-0.2, 0) is 13.5 Å². The Morgan fingerprint density at radius 1 is 1.40 bits per heavy atom. The first-order chi connectivity index (χ1) is 9.69. The zero-order valence-electron chi connectivity index (χ0n) is 13.1. The van der Waals surface area contributed by atoms with Crippen LogP contribution in [0.5, 0.6) is 0 Å². The molecule has 0 radical (unpaired) electrons. The fourth-order valence-electron chi connectivity index (χ4n) is 3.56. The van der Waals surface area contributed by atoms with Crippen LogP contribution in [0.15, 0.2) is 12.3 Å². The number of hydrogen-bond donors (Lipinski definition) is 0. The monoisotopic (exact) mass is 340 g/mol. The molecule has 0 spiro atoms. The summed E-state index contributed by atoms with van der Waals surface area (Å²) in [5.41, 5.74) is 1.91. The lowest BCUT2D eigenvalue weighted by Crippen LogP contribution is -2.30. The quantitative estimate of drug-likeness (QED) is 0.630. The molecule has 0 aromatic carbocycles.